The molecule has 1 aliphatic carbocycles. The van der Waals surface area contributed by atoms with Crippen molar-refractivity contribution < 1.29 is 13.2 Å². The van der Waals surface area contributed by atoms with E-state index in [1.54, 1.807) is 13.1 Å². The van der Waals surface area contributed by atoms with Crippen LogP contribution in [0.25, 0.3) is 0 Å². The van der Waals surface area contributed by atoms with Gasteiger partial charge in [-0.05, 0) is 31.9 Å². The highest BCUT2D eigenvalue weighted by Gasteiger charge is 2.46. The average molecular weight is 284 g/mol. The van der Waals surface area contributed by atoms with Crippen LogP contribution in [-0.2, 0) is 20.2 Å². The molecule has 1 N–H and O–H groups in total. The van der Waals surface area contributed by atoms with Gasteiger partial charge >= 0.3 is 0 Å². The van der Waals surface area contributed by atoms with E-state index in [1.807, 2.05) is 18.2 Å². The van der Waals surface area contributed by atoms with Crippen molar-refractivity contribution in [2.75, 3.05) is 19.4 Å². The SMILES string of the molecule is CO[C@H](C)CS(=O)(=O)NCC1(c2ccccn2)CC1. The van der Waals surface area contributed by atoms with Crippen LogP contribution in [0.1, 0.15) is 25.5 Å². The zero-order valence-corrected chi connectivity index (χ0v) is 12.1. The van der Waals surface area contributed by atoms with E-state index in [2.05, 4.69) is 9.71 Å². The van der Waals surface area contributed by atoms with E-state index >= 15 is 0 Å². The molecule has 0 unspecified atom stereocenters. The molecule has 1 heterocycles. The van der Waals surface area contributed by atoms with E-state index in [4.69, 9.17) is 4.74 Å². The molecule has 1 aliphatic rings. The van der Waals surface area contributed by atoms with Crippen LogP contribution in [0.3, 0.4) is 0 Å². The lowest BCUT2D eigenvalue weighted by molar-refractivity contribution is 0.136. The molecule has 0 saturated heterocycles. The number of hydrogen-bond acceptors (Lipinski definition) is 4. The van der Waals surface area contributed by atoms with E-state index in [0.717, 1.165) is 18.5 Å². The summed E-state index contributed by atoms with van der Waals surface area (Å²) in [7, 11) is -1.79. The summed E-state index contributed by atoms with van der Waals surface area (Å²) in [6.07, 6.45) is 3.40. The molecule has 0 aliphatic heterocycles. The Morgan fingerprint density at radius 3 is 2.74 bits per heavy atom. The lowest BCUT2D eigenvalue weighted by Crippen LogP contribution is -2.37. The third-order valence-electron chi connectivity index (χ3n) is 3.55. The molecule has 1 atom stereocenters. The molecule has 6 heteroatoms. The van der Waals surface area contributed by atoms with Gasteiger partial charge in [0.15, 0.2) is 0 Å². The van der Waals surface area contributed by atoms with E-state index < -0.39 is 10.0 Å². The molecule has 0 spiro atoms. The van der Waals surface area contributed by atoms with Crippen LogP contribution >= 0.6 is 0 Å². The smallest absolute Gasteiger partial charge is 0.214 e. The van der Waals surface area contributed by atoms with Crippen molar-refractivity contribution in [3.63, 3.8) is 0 Å². The summed E-state index contributed by atoms with van der Waals surface area (Å²) in [5, 5.41) is 0. The Labute approximate surface area is 114 Å². The zero-order chi connectivity index (χ0) is 13.9. The third kappa shape index (κ3) is 3.75. The Hall–Kier alpha value is -0.980. The number of rotatable bonds is 7. The van der Waals surface area contributed by atoms with Crippen molar-refractivity contribution in [1.29, 1.82) is 0 Å². The first kappa shape index (κ1) is 14.4. The van der Waals surface area contributed by atoms with Gasteiger partial charge in [-0.15, -0.1) is 0 Å². The number of aromatic nitrogens is 1. The van der Waals surface area contributed by atoms with Crippen LogP contribution in [0, 0.1) is 0 Å². The highest BCUT2D eigenvalue weighted by molar-refractivity contribution is 7.89. The maximum Gasteiger partial charge on any atom is 0.214 e. The van der Waals surface area contributed by atoms with Crippen molar-refractivity contribution in [1.82, 2.24) is 9.71 Å². The van der Waals surface area contributed by atoms with Gasteiger partial charge in [-0.2, -0.15) is 0 Å². The van der Waals surface area contributed by atoms with Gasteiger partial charge in [0.2, 0.25) is 10.0 Å². The highest BCUT2D eigenvalue weighted by atomic mass is 32.2. The first-order chi connectivity index (χ1) is 8.97. The summed E-state index contributed by atoms with van der Waals surface area (Å²) in [5.41, 5.74) is 0.863. The molecule has 5 nitrogen and oxygen atoms in total. The minimum Gasteiger partial charge on any atom is -0.381 e. The summed E-state index contributed by atoms with van der Waals surface area (Å²) in [5.74, 6) is -0.0121. The van der Waals surface area contributed by atoms with Crippen molar-refractivity contribution in [3.05, 3.63) is 30.1 Å². The summed E-state index contributed by atoms with van der Waals surface area (Å²) in [6, 6.07) is 5.76. The predicted molar refractivity (Wildman–Crippen MR) is 73.4 cm³/mol. The topological polar surface area (TPSA) is 68.3 Å². The van der Waals surface area contributed by atoms with Gasteiger partial charge in [0, 0.05) is 31.0 Å². The lowest BCUT2D eigenvalue weighted by atomic mass is 10.0. The van der Waals surface area contributed by atoms with Crippen LogP contribution in [0.2, 0.25) is 0 Å². The fourth-order valence-electron chi connectivity index (χ4n) is 2.03. The Kier molecular flexibility index (Phi) is 4.23. The normalized spacial score (nSPS) is 19.1. The molecule has 0 bridgehead atoms. The van der Waals surface area contributed by atoms with Crippen LogP contribution < -0.4 is 4.72 Å². The van der Waals surface area contributed by atoms with Gasteiger partial charge in [0.1, 0.15) is 0 Å². The van der Waals surface area contributed by atoms with Gasteiger partial charge < -0.3 is 4.74 Å². The van der Waals surface area contributed by atoms with E-state index in [0.29, 0.717) is 6.54 Å². The third-order valence-corrected chi connectivity index (χ3v) is 5.04. The van der Waals surface area contributed by atoms with Gasteiger partial charge in [0.05, 0.1) is 11.9 Å². The molecule has 0 aromatic carbocycles. The first-order valence-corrected chi connectivity index (χ1v) is 8.04. The molecule has 1 aromatic heterocycles. The van der Waals surface area contributed by atoms with Crippen molar-refractivity contribution >= 4 is 10.0 Å². The fraction of sp³-hybridized carbons (Fsp3) is 0.615. The predicted octanol–water partition coefficient (Wildman–Crippen LogP) is 1.07. The molecule has 2 rings (SSSR count). The zero-order valence-electron chi connectivity index (χ0n) is 11.3. The molecule has 0 amide bonds. The van der Waals surface area contributed by atoms with Gasteiger partial charge in [-0.3, -0.25) is 4.98 Å². The Morgan fingerprint density at radius 2 is 2.21 bits per heavy atom. The largest absolute Gasteiger partial charge is 0.381 e. The number of hydrogen-bond donors (Lipinski definition) is 1. The number of methoxy groups -OCH3 is 1. The van der Waals surface area contributed by atoms with E-state index in [9.17, 15) is 8.42 Å². The van der Waals surface area contributed by atoms with Crippen molar-refractivity contribution in [3.8, 4) is 0 Å². The molecule has 106 valence electrons. The molecular formula is C13H20N2O3S. The van der Waals surface area contributed by atoms with Crippen LogP contribution in [0.5, 0.6) is 0 Å². The first-order valence-electron chi connectivity index (χ1n) is 6.39. The quantitative estimate of drug-likeness (QED) is 0.813. The molecule has 1 aromatic rings. The number of ether oxygens (including phenoxy) is 1. The van der Waals surface area contributed by atoms with Crippen LogP contribution in [0.15, 0.2) is 24.4 Å². The Morgan fingerprint density at radius 1 is 1.47 bits per heavy atom. The molecule has 1 saturated carbocycles. The fourth-order valence-corrected chi connectivity index (χ4v) is 3.40. The van der Waals surface area contributed by atoms with Crippen LogP contribution in [0.4, 0.5) is 0 Å². The van der Waals surface area contributed by atoms with Crippen molar-refractivity contribution in [2.45, 2.75) is 31.3 Å². The molecule has 19 heavy (non-hydrogen) atoms. The minimum atomic E-state index is -3.30. The second-order valence-corrected chi connectivity index (χ2v) is 7.00. The minimum absolute atomic E-state index is 0.0121. The average Bonchev–Trinajstić information content (AvgIpc) is 3.18. The van der Waals surface area contributed by atoms with Crippen molar-refractivity contribution in [2.24, 2.45) is 0 Å². The maximum absolute atomic E-state index is 11.9. The summed E-state index contributed by atoms with van der Waals surface area (Å²) in [6.45, 7) is 2.16. The van der Waals surface area contributed by atoms with E-state index in [1.165, 1.54) is 7.11 Å². The Bertz CT molecular complexity index is 512. The second kappa shape index (κ2) is 5.56. The lowest BCUT2D eigenvalue weighted by Gasteiger charge is -2.17. The molecule has 1 fully saturated rings. The summed E-state index contributed by atoms with van der Waals surface area (Å²) >= 11 is 0. The Balaban J connectivity index is 1.96. The van der Waals surface area contributed by atoms with Crippen LogP contribution in [-0.4, -0.2) is 38.9 Å². The summed E-state index contributed by atoms with van der Waals surface area (Å²) < 4.78 is 31.5. The second-order valence-electron chi connectivity index (χ2n) is 5.14. The summed E-state index contributed by atoms with van der Waals surface area (Å²) in [4.78, 5) is 4.33. The van der Waals surface area contributed by atoms with Gasteiger partial charge in [0.25, 0.3) is 0 Å². The standard InChI is InChI=1S/C13H20N2O3S/c1-11(18-2)9-19(16,17)15-10-13(6-7-13)12-5-3-4-8-14-12/h3-5,8,11,15H,6-7,9-10H2,1-2H3/t11-/m1/s1. The molecular weight excluding hydrogens is 264 g/mol. The maximum atomic E-state index is 11.9. The van der Waals surface area contributed by atoms with E-state index in [-0.39, 0.29) is 17.3 Å². The number of nitrogens with zero attached hydrogens (tertiary/aromatic N) is 1. The monoisotopic (exact) mass is 284 g/mol. The van der Waals surface area contributed by atoms with Gasteiger partial charge in [-0.1, -0.05) is 6.07 Å². The van der Waals surface area contributed by atoms with Gasteiger partial charge in [-0.25, -0.2) is 13.1 Å². The number of nitrogens with one attached hydrogen (secondary N) is 1. The molecule has 0 radical (unpaired) electrons. The highest BCUT2D eigenvalue weighted by Crippen LogP contribution is 2.46. The number of sulfonamides is 1. The number of pyridine rings is 1.